The van der Waals surface area contributed by atoms with Gasteiger partial charge >= 0.3 is 0 Å². The van der Waals surface area contributed by atoms with Crippen LogP contribution in [0.15, 0.2) is 43.1 Å². The summed E-state index contributed by atoms with van der Waals surface area (Å²) in [6.07, 6.45) is 4.81. The van der Waals surface area contributed by atoms with Crippen LogP contribution in [0.25, 0.3) is 10.8 Å². The molecule has 9 nitrogen and oxygen atoms in total. The topological polar surface area (TPSA) is 126 Å². The molecule has 2 amide bonds. The number of sulfonamides is 1. The van der Waals surface area contributed by atoms with Crippen LogP contribution in [-0.4, -0.2) is 54.7 Å². The molecule has 180 valence electrons. The molecule has 2 heterocycles. The Hall–Kier alpha value is -2.98. The molecule has 2 aromatic rings. The van der Waals surface area contributed by atoms with Gasteiger partial charge in [-0.05, 0) is 43.7 Å². The van der Waals surface area contributed by atoms with Gasteiger partial charge in [0.25, 0.3) is 5.91 Å². The Morgan fingerprint density at radius 1 is 1.29 bits per heavy atom. The third kappa shape index (κ3) is 4.27. The van der Waals surface area contributed by atoms with Crippen LogP contribution in [0.4, 0.5) is 0 Å². The number of hydrogen-bond donors (Lipinski definition) is 3. The van der Waals surface area contributed by atoms with Gasteiger partial charge in [0.2, 0.25) is 21.8 Å². The second-order valence-electron chi connectivity index (χ2n) is 9.46. The van der Waals surface area contributed by atoms with Crippen molar-refractivity contribution in [1.29, 1.82) is 0 Å². The molecule has 0 bridgehead atoms. The average molecular weight is 485 g/mol. The Kier molecular flexibility index (Phi) is 5.60. The molecule has 2 saturated carbocycles. The molecule has 10 heteroatoms. The van der Waals surface area contributed by atoms with E-state index in [1.165, 1.54) is 0 Å². The predicted octanol–water partition coefficient (Wildman–Crippen LogP) is 1.32. The summed E-state index contributed by atoms with van der Waals surface area (Å²) in [5, 5.41) is 7.35. The molecular formula is C24H28N4O5S. The molecule has 3 fully saturated rings. The monoisotopic (exact) mass is 484 g/mol. The van der Waals surface area contributed by atoms with Crippen molar-refractivity contribution in [1.82, 2.24) is 20.3 Å². The van der Waals surface area contributed by atoms with Gasteiger partial charge in [-0.3, -0.25) is 14.3 Å². The lowest BCUT2D eigenvalue weighted by Gasteiger charge is -2.21. The van der Waals surface area contributed by atoms with Gasteiger partial charge in [-0.2, -0.15) is 0 Å². The molecular weight excluding hydrogens is 456 g/mol. The summed E-state index contributed by atoms with van der Waals surface area (Å²) in [4.78, 5) is 30.2. The Morgan fingerprint density at radius 3 is 2.79 bits per heavy atom. The highest BCUT2D eigenvalue weighted by atomic mass is 32.2. The van der Waals surface area contributed by atoms with E-state index in [-0.39, 0.29) is 17.9 Å². The largest absolute Gasteiger partial charge is 0.472 e. The lowest BCUT2D eigenvalue weighted by Crippen LogP contribution is -2.55. The van der Waals surface area contributed by atoms with Gasteiger partial charge in [-0.15, -0.1) is 6.58 Å². The summed E-state index contributed by atoms with van der Waals surface area (Å²) in [6, 6.07) is 7.39. The molecule has 2 aliphatic carbocycles. The van der Waals surface area contributed by atoms with Crippen LogP contribution < -0.4 is 20.1 Å². The number of benzene rings is 1. The minimum Gasteiger partial charge on any atom is -0.472 e. The minimum atomic E-state index is -3.71. The number of aromatic nitrogens is 1. The van der Waals surface area contributed by atoms with Gasteiger partial charge in [0, 0.05) is 30.5 Å². The van der Waals surface area contributed by atoms with Gasteiger partial charge in [0.15, 0.2) is 0 Å². The van der Waals surface area contributed by atoms with E-state index < -0.39 is 32.8 Å². The lowest BCUT2D eigenvalue weighted by atomic mass is 10.1. The van der Waals surface area contributed by atoms with E-state index in [0.717, 1.165) is 16.3 Å². The smallest absolute Gasteiger partial charge is 0.259 e. The molecule has 0 unspecified atom stereocenters. The van der Waals surface area contributed by atoms with Gasteiger partial charge in [0.05, 0.1) is 11.3 Å². The van der Waals surface area contributed by atoms with Crippen molar-refractivity contribution in [3.8, 4) is 5.88 Å². The number of hydrogen-bond acceptors (Lipinski definition) is 7. The number of pyridine rings is 1. The molecule has 0 radical (unpaired) electrons. The summed E-state index contributed by atoms with van der Waals surface area (Å²) in [7, 11) is -3.71. The van der Waals surface area contributed by atoms with Crippen molar-refractivity contribution in [2.75, 3.05) is 6.54 Å². The number of nitrogens with zero attached hydrogens (tertiary/aromatic N) is 1. The van der Waals surface area contributed by atoms with Crippen molar-refractivity contribution in [2.24, 2.45) is 5.92 Å². The number of fused-ring (bicyclic) bond motifs is 1. The maximum Gasteiger partial charge on any atom is 0.259 e. The number of ether oxygens (including phenoxy) is 1. The standard InChI is InChI=1S/C24H28N4O5S/c1-3-16-12-24(16,23(30)28-34(31,32)18-5-6-18)27-21(29)20-11-17(13-26-20)33-22-19-7-4-14(2)10-15(19)8-9-25-22/h3-4,7-10,16-18,20,26H,1,5-6,11-13H2,2H3,(H,27,29)(H,28,30)/t16-,17-,20+,24-/m1/s1. The fourth-order valence-electron chi connectivity index (χ4n) is 4.54. The SMILES string of the molecule is C=C[C@@H]1C[C@]1(NC(=O)[C@@H]1C[C@@H](Oc2nccc3cc(C)ccc23)CN1)C(=O)NS(=O)(=O)C1CC1. The molecule has 1 saturated heterocycles. The first kappa shape index (κ1) is 22.8. The maximum absolute atomic E-state index is 13.0. The first-order valence-corrected chi connectivity index (χ1v) is 13.0. The van der Waals surface area contributed by atoms with E-state index >= 15 is 0 Å². The van der Waals surface area contributed by atoms with Gasteiger partial charge in [0.1, 0.15) is 11.6 Å². The zero-order chi connectivity index (χ0) is 24.1. The molecule has 34 heavy (non-hydrogen) atoms. The number of rotatable bonds is 8. The Labute approximate surface area is 198 Å². The molecule has 1 aromatic heterocycles. The molecule has 1 aromatic carbocycles. The highest BCUT2D eigenvalue weighted by Crippen LogP contribution is 2.45. The van der Waals surface area contributed by atoms with Crippen molar-refractivity contribution in [3.05, 3.63) is 48.7 Å². The number of amides is 2. The number of carbonyl (C=O) groups excluding carboxylic acids is 2. The first-order chi connectivity index (χ1) is 16.2. The quantitative estimate of drug-likeness (QED) is 0.483. The number of aryl methyl sites for hydroxylation is 1. The molecule has 3 aliphatic rings. The molecule has 1 aliphatic heterocycles. The second kappa shape index (κ2) is 8.35. The average Bonchev–Trinajstić information content (AvgIpc) is 3.71. The third-order valence-electron chi connectivity index (χ3n) is 6.82. The van der Waals surface area contributed by atoms with Crippen molar-refractivity contribution in [3.63, 3.8) is 0 Å². The van der Waals surface area contributed by atoms with E-state index in [4.69, 9.17) is 4.74 Å². The third-order valence-corrected chi connectivity index (χ3v) is 8.64. The maximum atomic E-state index is 13.0. The summed E-state index contributed by atoms with van der Waals surface area (Å²) < 4.78 is 32.8. The number of nitrogens with one attached hydrogen (secondary N) is 3. The van der Waals surface area contributed by atoms with Gasteiger partial charge < -0.3 is 15.4 Å². The van der Waals surface area contributed by atoms with E-state index in [2.05, 4.69) is 33.0 Å². The summed E-state index contributed by atoms with van der Waals surface area (Å²) in [5.74, 6) is -0.863. The van der Waals surface area contributed by atoms with E-state index in [9.17, 15) is 18.0 Å². The van der Waals surface area contributed by atoms with Gasteiger partial charge in [-0.25, -0.2) is 13.4 Å². The Bertz CT molecular complexity index is 1280. The molecule has 3 N–H and O–H groups in total. The van der Waals surface area contributed by atoms with E-state index in [1.54, 1.807) is 12.3 Å². The van der Waals surface area contributed by atoms with Crippen LogP contribution in [0.1, 0.15) is 31.2 Å². The summed E-state index contributed by atoms with van der Waals surface area (Å²) in [5.41, 5.74) is -0.138. The van der Waals surface area contributed by atoms with Crippen LogP contribution in [0.5, 0.6) is 5.88 Å². The molecule has 0 spiro atoms. The molecule has 5 rings (SSSR count). The normalized spacial score (nSPS) is 28.3. The Morgan fingerprint density at radius 2 is 2.09 bits per heavy atom. The van der Waals surface area contributed by atoms with Crippen LogP contribution in [0, 0.1) is 12.8 Å². The van der Waals surface area contributed by atoms with Crippen LogP contribution in [0.3, 0.4) is 0 Å². The second-order valence-corrected chi connectivity index (χ2v) is 11.4. The van der Waals surface area contributed by atoms with Crippen LogP contribution in [0.2, 0.25) is 0 Å². The van der Waals surface area contributed by atoms with E-state index in [0.29, 0.717) is 38.1 Å². The Balaban J connectivity index is 1.23. The fraction of sp³-hybridized carbons (Fsp3) is 0.458. The molecule has 4 atom stereocenters. The minimum absolute atomic E-state index is 0.274. The van der Waals surface area contributed by atoms with E-state index in [1.807, 2.05) is 25.1 Å². The lowest BCUT2D eigenvalue weighted by molar-refractivity contribution is -0.130. The highest BCUT2D eigenvalue weighted by Gasteiger charge is 2.61. The summed E-state index contributed by atoms with van der Waals surface area (Å²) >= 11 is 0. The zero-order valence-electron chi connectivity index (χ0n) is 18.9. The highest BCUT2D eigenvalue weighted by molar-refractivity contribution is 7.91. The summed E-state index contributed by atoms with van der Waals surface area (Å²) in [6.45, 7) is 6.18. The van der Waals surface area contributed by atoms with Gasteiger partial charge in [-0.1, -0.05) is 23.8 Å². The number of carbonyl (C=O) groups is 2. The van der Waals surface area contributed by atoms with Crippen molar-refractivity contribution < 1.29 is 22.7 Å². The van der Waals surface area contributed by atoms with Crippen molar-refractivity contribution in [2.45, 2.75) is 55.5 Å². The first-order valence-electron chi connectivity index (χ1n) is 11.5. The zero-order valence-corrected chi connectivity index (χ0v) is 19.7. The van der Waals surface area contributed by atoms with Crippen LogP contribution in [-0.2, 0) is 19.6 Å². The predicted molar refractivity (Wildman–Crippen MR) is 127 cm³/mol. The van der Waals surface area contributed by atoms with Crippen LogP contribution >= 0.6 is 0 Å². The van der Waals surface area contributed by atoms with Crippen molar-refractivity contribution >= 4 is 32.6 Å². The fourth-order valence-corrected chi connectivity index (χ4v) is 5.90.